The van der Waals surface area contributed by atoms with Gasteiger partial charge in [0.25, 0.3) is 0 Å². The second-order valence-electron chi connectivity index (χ2n) is 6.45. The first kappa shape index (κ1) is 15.5. The number of aromatic nitrogens is 2. The minimum Gasteiger partial charge on any atom is -0.494 e. The largest absolute Gasteiger partial charge is 0.494 e. The second kappa shape index (κ2) is 6.28. The molecule has 1 unspecified atom stereocenters. The Hall–Kier alpha value is -1.85. The van der Waals surface area contributed by atoms with Crippen molar-refractivity contribution in [1.82, 2.24) is 15.3 Å². The predicted octanol–water partition coefficient (Wildman–Crippen LogP) is 1.62. The number of amides is 1. The molecule has 1 aromatic rings. The Morgan fingerprint density at radius 1 is 1.38 bits per heavy atom. The van der Waals surface area contributed by atoms with Crippen LogP contribution in [-0.2, 0) is 4.79 Å². The number of carbonyl (C=O) groups is 1. The Bertz CT molecular complexity index is 481. The molecule has 2 heterocycles. The number of methoxy groups -OCH3 is 1. The zero-order chi connectivity index (χ0) is 15.5. The quantitative estimate of drug-likeness (QED) is 0.917. The lowest BCUT2D eigenvalue weighted by Crippen LogP contribution is -2.49. The van der Waals surface area contributed by atoms with Crippen LogP contribution in [0.4, 0.5) is 5.95 Å². The molecule has 2 rings (SSSR count). The van der Waals surface area contributed by atoms with Crippen molar-refractivity contribution in [3.8, 4) is 5.75 Å². The van der Waals surface area contributed by atoms with Crippen molar-refractivity contribution < 1.29 is 9.53 Å². The molecule has 0 aliphatic carbocycles. The van der Waals surface area contributed by atoms with Crippen LogP contribution in [0.3, 0.4) is 0 Å². The molecule has 0 radical (unpaired) electrons. The van der Waals surface area contributed by atoms with Crippen LogP contribution >= 0.6 is 0 Å². The van der Waals surface area contributed by atoms with Gasteiger partial charge in [0.05, 0.1) is 25.4 Å². The van der Waals surface area contributed by atoms with E-state index in [4.69, 9.17) is 4.74 Å². The fourth-order valence-electron chi connectivity index (χ4n) is 2.42. The van der Waals surface area contributed by atoms with Crippen molar-refractivity contribution in [2.45, 2.75) is 39.2 Å². The fourth-order valence-corrected chi connectivity index (χ4v) is 2.42. The Kier molecular flexibility index (Phi) is 4.65. The summed E-state index contributed by atoms with van der Waals surface area (Å²) in [5.74, 6) is 1.39. The molecule has 1 fully saturated rings. The average molecular weight is 292 g/mol. The molecule has 21 heavy (non-hydrogen) atoms. The molecule has 1 amide bonds. The summed E-state index contributed by atoms with van der Waals surface area (Å²) in [6.07, 6.45) is 5.19. The molecule has 1 saturated heterocycles. The molecule has 1 atom stereocenters. The van der Waals surface area contributed by atoms with E-state index in [2.05, 4.69) is 20.2 Å². The van der Waals surface area contributed by atoms with E-state index in [0.29, 0.717) is 18.2 Å². The lowest BCUT2D eigenvalue weighted by Gasteiger charge is -2.33. The maximum Gasteiger partial charge on any atom is 0.225 e. The molecule has 0 bridgehead atoms. The number of piperidine rings is 1. The predicted molar refractivity (Wildman–Crippen MR) is 81.4 cm³/mol. The van der Waals surface area contributed by atoms with Crippen molar-refractivity contribution >= 4 is 11.9 Å². The van der Waals surface area contributed by atoms with Crippen LogP contribution < -0.4 is 15.0 Å². The number of hydrogen-bond donors (Lipinski definition) is 1. The fraction of sp³-hybridized carbons (Fsp3) is 0.667. The summed E-state index contributed by atoms with van der Waals surface area (Å²) in [7, 11) is 1.59. The van der Waals surface area contributed by atoms with Gasteiger partial charge in [0, 0.05) is 18.6 Å². The highest BCUT2D eigenvalue weighted by molar-refractivity contribution is 5.80. The molecule has 6 nitrogen and oxygen atoms in total. The molecule has 0 spiro atoms. The minimum atomic E-state index is -0.198. The van der Waals surface area contributed by atoms with Gasteiger partial charge in [0.2, 0.25) is 11.9 Å². The Morgan fingerprint density at radius 3 is 2.62 bits per heavy atom. The highest BCUT2D eigenvalue weighted by Gasteiger charge is 2.29. The standard InChI is InChI=1S/C15H24N4O2/c1-15(2,3)18-13(20)11-6-5-7-19(10-11)14-16-8-12(21-4)9-17-14/h8-9,11H,5-7,10H2,1-4H3,(H,18,20). The third-order valence-corrected chi connectivity index (χ3v) is 3.42. The topological polar surface area (TPSA) is 67.3 Å². The van der Waals surface area contributed by atoms with Gasteiger partial charge in [-0.1, -0.05) is 0 Å². The van der Waals surface area contributed by atoms with Gasteiger partial charge < -0.3 is 15.0 Å². The molecule has 0 saturated carbocycles. The monoisotopic (exact) mass is 292 g/mol. The van der Waals surface area contributed by atoms with Crippen molar-refractivity contribution in [2.75, 3.05) is 25.1 Å². The molecule has 6 heteroatoms. The molecule has 0 aromatic carbocycles. The Balaban J connectivity index is 2.01. The summed E-state index contributed by atoms with van der Waals surface area (Å²) < 4.78 is 5.06. The first-order valence-electron chi connectivity index (χ1n) is 7.32. The zero-order valence-electron chi connectivity index (χ0n) is 13.2. The molecular formula is C15H24N4O2. The molecule has 1 aromatic heterocycles. The average Bonchev–Trinajstić information content (AvgIpc) is 2.46. The maximum atomic E-state index is 12.3. The smallest absolute Gasteiger partial charge is 0.225 e. The van der Waals surface area contributed by atoms with E-state index in [0.717, 1.165) is 19.4 Å². The third-order valence-electron chi connectivity index (χ3n) is 3.42. The number of nitrogens with one attached hydrogen (secondary N) is 1. The molecule has 1 aliphatic rings. The number of hydrogen-bond acceptors (Lipinski definition) is 5. The van der Waals surface area contributed by atoms with Crippen LogP contribution in [0.2, 0.25) is 0 Å². The minimum absolute atomic E-state index is 0.0105. The van der Waals surface area contributed by atoms with Gasteiger partial charge in [0.15, 0.2) is 5.75 Å². The summed E-state index contributed by atoms with van der Waals surface area (Å²) in [5.41, 5.74) is -0.198. The van der Waals surface area contributed by atoms with Gasteiger partial charge in [0.1, 0.15) is 0 Å². The number of rotatable bonds is 3. The number of carbonyl (C=O) groups excluding carboxylic acids is 1. The maximum absolute atomic E-state index is 12.3. The summed E-state index contributed by atoms with van der Waals surface area (Å²) in [6, 6.07) is 0. The van der Waals surface area contributed by atoms with Crippen LogP contribution in [0.1, 0.15) is 33.6 Å². The number of nitrogens with zero attached hydrogens (tertiary/aromatic N) is 3. The van der Waals surface area contributed by atoms with Gasteiger partial charge >= 0.3 is 0 Å². The van der Waals surface area contributed by atoms with E-state index in [1.807, 2.05) is 20.8 Å². The Morgan fingerprint density at radius 2 is 2.05 bits per heavy atom. The van der Waals surface area contributed by atoms with Gasteiger partial charge in [-0.2, -0.15) is 0 Å². The molecule has 116 valence electrons. The highest BCUT2D eigenvalue weighted by atomic mass is 16.5. The van der Waals surface area contributed by atoms with Gasteiger partial charge in [-0.05, 0) is 33.6 Å². The van der Waals surface area contributed by atoms with E-state index in [1.54, 1.807) is 19.5 Å². The van der Waals surface area contributed by atoms with E-state index >= 15 is 0 Å². The van der Waals surface area contributed by atoms with E-state index in [-0.39, 0.29) is 17.4 Å². The first-order chi connectivity index (χ1) is 9.89. The van der Waals surface area contributed by atoms with Gasteiger partial charge in [-0.25, -0.2) is 9.97 Å². The van der Waals surface area contributed by atoms with Gasteiger partial charge in [-0.15, -0.1) is 0 Å². The first-order valence-corrected chi connectivity index (χ1v) is 7.32. The van der Waals surface area contributed by atoms with Crippen LogP contribution in [0, 0.1) is 5.92 Å². The van der Waals surface area contributed by atoms with Crippen molar-refractivity contribution in [3.05, 3.63) is 12.4 Å². The summed E-state index contributed by atoms with van der Waals surface area (Å²) >= 11 is 0. The third kappa shape index (κ3) is 4.31. The zero-order valence-corrected chi connectivity index (χ0v) is 13.2. The normalized spacial score (nSPS) is 19.2. The molecule has 1 aliphatic heterocycles. The van der Waals surface area contributed by atoms with Gasteiger partial charge in [-0.3, -0.25) is 4.79 Å². The summed E-state index contributed by atoms with van der Waals surface area (Å²) in [4.78, 5) is 23.0. The van der Waals surface area contributed by atoms with Crippen LogP contribution in [0.5, 0.6) is 5.75 Å². The van der Waals surface area contributed by atoms with E-state index in [9.17, 15) is 4.79 Å². The van der Waals surface area contributed by atoms with Crippen molar-refractivity contribution in [1.29, 1.82) is 0 Å². The lowest BCUT2D eigenvalue weighted by atomic mass is 9.96. The van der Waals surface area contributed by atoms with Crippen molar-refractivity contribution in [2.24, 2.45) is 5.92 Å². The lowest BCUT2D eigenvalue weighted by molar-refractivity contribution is -0.126. The summed E-state index contributed by atoms with van der Waals surface area (Å²) in [6.45, 7) is 7.54. The van der Waals surface area contributed by atoms with Crippen LogP contribution in [-0.4, -0.2) is 41.6 Å². The van der Waals surface area contributed by atoms with Crippen LogP contribution in [0.15, 0.2) is 12.4 Å². The van der Waals surface area contributed by atoms with Crippen molar-refractivity contribution in [3.63, 3.8) is 0 Å². The van der Waals surface area contributed by atoms with Crippen LogP contribution in [0.25, 0.3) is 0 Å². The summed E-state index contributed by atoms with van der Waals surface area (Å²) in [5, 5.41) is 3.05. The molecular weight excluding hydrogens is 268 g/mol. The number of anilines is 1. The second-order valence-corrected chi connectivity index (χ2v) is 6.45. The SMILES string of the molecule is COc1cnc(N2CCCC(C(=O)NC(C)(C)C)C2)nc1. The number of ether oxygens (including phenoxy) is 1. The Labute approximate surface area is 125 Å². The molecule has 1 N–H and O–H groups in total. The highest BCUT2D eigenvalue weighted by Crippen LogP contribution is 2.21. The van der Waals surface area contributed by atoms with E-state index in [1.165, 1.54) is 0 Å². The van der Waals surface area contributed by atoms with E-state index < -0.39 is 0 Å².